The maximum absolute atomic E-state index is 12.1. The molecule has 0 radical (unpaired) electrons. The Morgan fingerprint density at radius 3 is 2.42 bits per heavy atom. The third kappa shape index (κ3) is 11.6. The Balaban J connectivity index is 0.00000480. The molecule has 0 fully saturated rings. The van der Waals surface area contributed by atoms with Crippen molar-refractivity contribution in [1.29, 1.82) is 0 Å². The minimum Gasteiger partial charge on any atom is -0.467 e. The van der Waals surface area contributed by atoms with Gasteiger partial charge in [0, 0.05) is 6.54 Å². The number of carbonyl (C=O) groups excluding carboxylic acids is 1. The number of carbonyl (C=O) groups is 1. The zero-order valence-corrected chi connectivity index (χ0v) is 19.3. The summed E-state index contributed by atoms with van der Waals surface area (Å²) in [5.74, 6) is 0.930. The van der Waals surface area contributed by atoms with Crippen LogP contribution < -0.4 is 16.0 Å². The van der Waals surface area contributed by atoms with E-state index >= 15 is 0 Å². The molecule has 0 saturated carbocycles. The molecule has 1 aromatic heterocycles. The zero-order chi connectivity index (χ0) is 21.8. The molecule has 0 atom stereocenters. The van der Waals surface area contributed by atoms with E-state index in [9.17, 15) is 18.0 Å². The fourth-order valence-electron chi connectivity index (χ4n) is 2.36. The maximum atomic E-state index is 12.1. The predicted octanol–water partition coefficient (Wildman–Crippen LogP) is 3.35. The molecule has 7 nitrogen and oxygen atoms in total. The number of guanidine groups is 1. The largest absolute Gasteiger partial charge is 0.467 e. The van der Waals surface area contributed by atoms with Gasteiger partial charge in [0.1, 0.15) is 12.4 Å². The quantitative estimate of drug-likeness (QED) is 0.238. The number of benzene rings is 1. The molecule has 0 saturated heterocycles. The highest BCUT2D eigenvalue weighted by molar-refractivity contribution is 14.0. The second-order valence-corrected chi connectivity index (χ2v) is 6.33. The highest BCUT2D eigenvalue weighted by Gasteiger charge is 2.27. The molecular formula is C20H26F3IN4O3. The smallest absolute Gasteiger partial charge is 0.411 e. The summed E-state index contributed by atoms with van der Waals surface area (Å²) in [7, 11) is 0. The Labute approximate surface area is 195 Å². The van der Waals surface area contributed by atoms with Crippen LogP contribution in [0, 0.1) is 0 Å². The molecule has 0 spiro atoms. The van der Waals surface area contributed by atoms with Crippen molar-refractivity contribution in [3.63, 3.8) is 0 Å². The van der Waals surface area contributed by atoms with Gasteiger partial charge in [0.05, 0.1) is 32.5 Å². The van der Waals surface area contributed by atoms with Crippen LogP contribution in [-0.4, -0.2) is 37.7 Å². The molecule has 0 aliphatic heterocycles. The number of aliphatic imine (C=N–C) groups is 1. The zero-order valence-electron chi connectivity index (χ0n) is 17.0. The number of nitrogens with one attached hydrogen (secondary N) is 3. The minimum atomic E-state index is -4.33. The fourth-order valence-corrected chi connectivity index (χ4v) is 2.36. The normalized spacial score (nSPS) is 11.5. The van der Waals surface area contributed by atoms with Crippen LogP contribution in [0.4, 0.5) is 13.2 Å². The molecule has 2 rings (SSSR count). The SMILES string of the molecule is CCNC(=NCc1ccc(COCC(F)(F)F)cc1)NCC(=O)NCc1ccco1.I. The lowest BCUT2D eigenvalue weighted by Crippen LogP contribution is -2.43. The van der Waals surface area contributed by atoms with E-state index in [0.29, 0.717) is 36.9 Å². The molecule has 3 N–H and O–H groups in total. The van der Waals surface area contributed by atoms with Crippen molar-refractivity contribution in [2.75, 3.05) is 19.7 Å². The minimum absolute atomic E-state index is 0. The van der Waals surface area contributed by atoms with Crippen LogP contribution >= 0.6 is 24.0 Å². The van der Waals surface area contributed by atoms with Gasteiger partial charge in [0.2, 0.25) is 5.91 Å². The van der Waals surface area contributed by atoms with E-state index in [0.717, 1.165) is 5.56 Å². The maximum Gasteiger partial charge on any atom is 0.411 e. The Bertz CT molecular complexity index is 797. The molecular weight excluding hydrogens is 528 g/mol. The fraction of sp³-hybridized carbons (Fsp3) is 0.400. The van der Waals surface area contributed by atoms with Gasteiger partial charge in [-0.1, -0.05) is 24.3 Å². The highest BCUT2D eigenvalue weighted by Crippen LogP contribution is 2.16. The molecule has 1 aromatic carbocycles. The topological polar surface area (TPSA) is 87.9 Å². The van der Waals surface area contributed by atoms with Crippen LogP contribution in [0.25, 0.3) is 0 Å². The molecule has 31 heavy (non-hydrogen) atoms. The van der Waals surface area contributed by atoms with Crippen LogP contribution in [0.5, 0.6) is 0 Å². The van der Waals surface area contributed by atoms with Crippen LogP contribution in [0.15, 0.2) is 52.1 Å². The van der Waals surface area contributed by atoms with Crippen molar-refractivity contribution < 1.29 is 27.1 Å². The molecule has 172 valence electrons. The van der Waals surface area contributed by atoms with E-state index in [2.05, 4.69) is 25.7 Å². The van der Waals surface area contributed by atoms with Gasteiger partial charge in [0.25, 0.3) is 0 Å². The van der Waals surface area contributed by atoms with Crippen molar-refractivity contribution in [2.24, 2.45) is 4.99 Å². The predicted molar refractivity (Wildman–Crippen MR) is 121 cm³/mol. The molecule has 0 unspecified atom stereocenters. The second kappa shape index (κ2) is 13.9. The van der Waals surface area contributed by atoms with E-state index < -0.39 is 12.8 Å². The Morgan fingerprint density at radius 1 is 1.10 bits per heavy atom. The summed E-state index contributed by atoms with van der Waals surface area (Å²) in [5, 5.41) is 8.72. The summed E-state index contributed by atoms with van der Waals surface area (Å²) in [6, 6.07) is 10.5. The molecule has 0 bridgehead atoms. The number of amides is 1. The van der Waals surface area contributed by atoms with Gasteiger partial charge < -0.3 is 25.1 Å². The first-order valence-corrected chi connectivity index (χ1v) is 9.39. The standard InChI is InChI=1S/C20H25F3N4O3.HI/c1-2-24-19(27-12-18(28)25-11-17-4-3-9-30-17)26-10-15-5-7-16(8-6-15)13-29-14-20(21,22)23;/h3-9H,2,10-14H2,1H3,(H,25,28)(H2,24,26,27);1H. The van der Waals surface area contributed by atoms with Crippen molar-refractivity contribution in [2.45, 2.75) is 32.8 Å². The molecule has 11 heteroatoms. The van der Waals surface area contributed by atoms with Gasteiger partial charge in [0.15, 0.2) is 5.96 Å². The van der Waals surface area contributed by atoms with E-state index in [4.69, 9.17) is 4.42 Å². The Morgan fingerprint density at radius 2 is 1.81 bits per heavy atom. The summed E-state index contributed by atoms with van der Waals surface area (Å²) in [6.45, 7) is 1.83. The summed E-state index contributed by atoms with van der Waals surface area (Å²) in [6.07, 6.45) is -2.79. The number of alkyl halides is 3. The van der Waals surface area contributed by atoms with Crippen LogP contribution in [0.3, 0.4) is 0 Å². The van der Waals surface area contributed by atoms with E-state index in [1.807, 2.05) is 6.92 Å². The molecule has 1 amide bonds. The van der Waals surface area contributed by atoms with Crippen LogP contribution in [0.1, 0.15) is 23.8 Å². The number of furan rings is 1. The lowest BCUT2D eigenvalue weighted by atomic mass is 10.1. The number of hydrogen-bond donors (Lipinski definition) is 3. The summed E-state index contributed by atoms with van der Waals surface area (Å²) < 4.78 is 46.1. The van der Waals surface area contributed by atoms with Crippen LogP contribution in [0.2, 0.25) is 0 Å². The van der Waals surface area contributed by atoms with Crippen molar-refractivity contribution in [3.8, 4) is 0 Å². The van der Waals surface area contributed by atoms with Gasteiger partial charge in [-0.15, -0.1) is 24.0 Å². The number of hydrogen-bond acceptors (Lipinski definition) is 4. The first-order valence-electron chi connectivity index (χ1n) is 9.39. The lowest BCUT2D eigenvalue weighted by Gasteiger charge is -2.11. The summed E-state index contributed by atoms with van der Waals surface area (Å²) >= 11 is 0. The number of ether oxygens (including phenoxy) is 1. The molecule has 1 heterocycles. The Kier molecular flexibility index (Phi) is 12.0. The van der Waals surface area contributed by atoms with Gasteiger partial charge in [-0.25, -0.2) is 4.99 Å². The molecule has 0 aliphatic carbocycles. The van der Waals surface area contributed by atoms with E-state index in [1.165, 1.54) is 6.26 Å². The molecule has 2 aromatic rings. The van der Waals surface area contributed by atoms with Crippen molar-refractivity contribution in [3.05, 3.63) is 59.5 Å². The highest BCUT2D eigenvalue weighted by atomic mass is 127. The van der Waals surface area contributed by atoms with Gasteiger partial charge in [-0.3, -0.25) is 4.79 Å². The third-order valence-electron chi connectivity index (χ3n) is 3.78. The van der Waals surface area contributed by atoms with E-state index in [1.54, 1.807) is 36.4 Å². The average molecular weight is 554 g/mol. The average Bonchev–Trinajstić information content (AvgIpc) is 3.22. The van der Waals surface area contributed by atoms with E-state index in [-0.39, 0.29) is 43.0 Å². The third-order valence-corrected chi connectivity index (χ3v) is 3.78. The Hall–Kier alpha value is -2.28. The van der Waals surface area contributed by atoms with Crippen molar-refractivity contribution in [1.82, 2.24) is 16.0 Å². The molecule has 0 aliphatic rings. The lowest BCUT2D eigenvalue weighted by molar-refractivity contribution is -0.176. The summed E-state index contributed by atoms with van der Waals surface area (Å²) in [4.78, 5) is 16.3. The first-order chi connectivity index (χ1) is 14.4. The van der Waals surface area contributed by atoms with Gasteiger partial charge in [-0.2, -0.15) is 13.2 Å². The second-order valence-electron chi connectivity index (χ2n) is 6.33. The van der Waals surface area contributed by atoms with Gasteiger partial charge >= 0.3 is 6.18 Å². The van der Waals surface area contributed by atoms with Crippen molar-refractivity contribution >= 4 is 35.8 Å². The number of halogens is 4. The van der Waals surface area contributed by atoms with Crippen LogP contribution in [-0.2, 0) is 29.2 Å². The number of nitrogens with zero attached hydrogens (tertiary/aromatic N) is 1. The van der Waals surface area contributed by atoms with Gasteiger partial charge in [-0.05, 0) is 30.2 Å². The number of rotatable bonds is 10. The monoisotopic (exact) mass is 554 g/mol. The first kappa shape index (κ1) is 26.8. The summed E-state index contributed by atoms with van der Waals surface area (Å²) in [5.41, 5.74) is 1.51.